The number of hydrogen-bond donors (Lipinski definition) is 1. The van der Waals surface area contributed by atoms with E-state index >= 15 is 0 Å². The molecule has 2 N–H and O–H groups in total. The zero-order chi connectivity index (χ0) is 12.4. The second-order valence-electron chi connectivity index (χ2n) is 4.92. The summed E-state index contributed by atoms with van der Waals surface area (Å²) < 4.78 is 13.2. The van der Waals surface area contributed by atoms with Crippen molar-refractivity contribution in [1.29, 1.82) is 0 Å². The summed E-state index contributed by atoms with van der Waals surface area (Å²) in [7, 11) is 2.13. The standard InChI is InChI=1S/C13H20FN3/c1-10-8-16(2)5-6-17(10)9-11-7-12(14)3-4-13(11)15/h3-4,7,10H,5-6,8-9,15H2,1-2H3. The van der Waals surface area contributed by atoms with Gasteiger partial charge in [-0.05, 0) is 37.7 Å². The van der Waals surface area contributed by atoms with Crippen LogP contribution in [0.2, 0.25) is 0 Å². The fourth-order valence-electron chi connectivity index (χ4n) is 2.34. The number of anilines is 1. The van der Waals surface area contributed by atoms with Gasteiger partial charge < -0.3 is 10.6 Å². The second kappa shape index (κ2) is 5.02. The average Bonchev–Trinajstić information content (AvgIpc) is 2.27. The van der Waals surface area contributed by atoms with Gasteiger partial charge in [0.25, 0.3) is 0 Å². The molecule has 1 aromatic rings. The van der Waals surface area contributed by atoms with Gasteiger partial charge in [0.1, 0.15) is 5.82 Å². The van der Waals surface area contributed by atoms with Gasteiger partial charge in [-0.25, -0.2) is 4.39 Å². The Kier molecular flexibility index (Phi) is 3.64. The summed E-state index contributed by atoms with van der Waals surface area (Å²) in [5, 5.41) is 0. The van der Waals surface area contributed by atoms with Gasteiger partial charge in [-0.15, -0.1) is 0 Å². The van der Waals surface area contributed by atoms with Crippen LogP contribution in [-0.4, -0.2) is 42.5 Å². The SMILES string of the molecule is CC1CN(C)CCN1Cc1cc(F)ccc1N. The van der Waals surface area contributed by atoms with E-state index in [0.29, 0.717) is 11.7 Å². The van der Waals surface area contributed by atoms with E-state index in [4.69, 9.17) is 5.73 Å². The van der Waals surface area contributed by atoms with Crippen LogP contribution in [0.25, 0.3) is 0 Å². The summed E-state index contributed by atoms with van der Waals surface area (Å²) in [5.74, 6) is -0.212. The number of nitrogens with two attached hydrogens (primary N) is 1. The monoisotopic (exact) mass is 237 g/mol. The van der Waals surface area contributed by atoms with Crippen molar-refractivity contribution in [2.45, 2.75) is 19.5 Å². The molecule has 17 heavy (non-hydrogen) atoms. The fraction of sp³-hybridized carbons (Fsp3) is 0.538. The highest BCUT2D eigenvalue weighted by molar-refractivity contribution is 5.46. The Labute approximate surface area is 102 Å². The van der Waals surface area contributed by atoms with Crippen molar-refractivity contribution in [3.05, 3.63) is 29.6 Å². The average molecular weight is 237 g/mol. The fourth-order valence-corrected chi connectivity index (χ4v) is 2.34. The Morgan fingerprint density at radius 1 is 1.41 bits per heavy atom. The Balaban J connectivity index is 2.07. The van der Waals surface area contributed by atoms with Gasteiger partial charge in [0.2, 0.25) is 0 Å². The lowest BCUT2D eigenvalue weighted by Gasteiger charge is -2.38. The third-order valence-electron chi connectivity index (χ3n) is 3.45. The lowest BCUT2D eigenvalue weighted by Crippen LogP contribution is -2.49. The molecule has 1 saturated heterocycles. The normalized spacial score (nSPS) is 22.9. The molecular formula is C13H20FN3. The second-order valence-corrected chi connectivity index (χ2v) is 4.92. The highest BCUT2D eigenvalue weighted by Crippen LogP contribution is 2.18. The minimum atomic E-state index is -0.212. The summed E-state index contributed by atoms with van der Waals surface area (Å²) in [4.78, 5) is 4.67. The Morgan fingerprint density at radius 2 is 2.18 bits per heavy atom. The molecule has 0 bridgehead atoms. The molecule has 1 aliphatic heterocycles. The van der Waals surface area contributed by atoms with Crippen molar-refractivity contribution in [1.82, 2.24) is 9.80 Å². The maximum absolute atomic E-state index is 13.2. The van der Waals surface area contributed by atoms with Crippen LogP contribution in [0, 0.1) is 5.82 Å². The number of nitrogen functional groups attached to an aromatic ring is 1. The third-order valence-corrected chi connectivity index (χ3v) is 3.45. The number of benzene rings is 1. The predicted molar refractivity (Wildman–Crippen MR) is 68.2 cm³/mol. The highest BCUT2D eigenvalue weighted by atomic mass is 19.1. The van der Waals surface area contributed by atoms with E-state index in [1.54, 1.807) is 12.1 Å². The van der Waals surface area contributed by atoms with E-state index in [-0.39, 0.29) is 5.82 Å². The quantitative estimate of drug-likeness (QED) is 0.792. The molecule has 94 valence electrons. The van der Waals surface area contributed by atoms with Crippen LogP contribution in [0.1, 0.15) is 12.5 Å². The molecule has 1 aromatic carbocycles. The zero-order valence-electron chi connectivity index (χ0n) is 10.5. The van der Waals surface area contributed by atoms with E-state index in [2.05, 4.69) is 23.8 Å². The Hall–Kier alpha value is -1.13. The first-order chi connectivity index (χ1) is 8.06. The van der Waals surface area contributed by atoms with Gasteiger partial charge in [0.15, 0.2) is 0 Å². The van der Waals surface area contributed by atoms with E-state index in [9.17, 15) is 4.39 Å². The molecule has 1 unspecified atom stereocenters. The Morgan fingerprint density at radius 3 is 2.88 bits per heavy atom. The van der Waals surface area contributed by atoms with Gasteiger partial charge in [-0.3, -0.25) is 4.90 Å². The zero-order valence-corrected chi connectivity index (χ0v) is 10.5. The first kappa shape index (κ1) is 12.3. The van der Waals surface area contributed by atoms with Crippen LogP contribution in [0.5, 0.6) is 0 Å². The van der Waals surface area contributed by atoms with Crippen LogP contribution in [0.15, 0.2) is 18.2 Å². The predicted octanol–water partition coefficient (Wildman–Crippen LogP) is 1.54. The minimum Gasteiger partial charge on any atom is -0.398 e. The molecule has 0 amide bonds. The van der Waals surface area contributed by atoms with E-state index in [1.165, 1.54) is 6.07 Å². The van der Waals surface area contributed by atoms with Gasteiger partial charge in [0, 0.05) is 37.9 Å². The number of rotatable bonds is 2. The number of halogens is 1. The molecule has 4 heteroatoms. The van der Waals surface area contributed by atoms with Crippen molar-refractivity contribution >= 4 is 5.69 Å². The minimum absolute atomic E-state index is 0.212. The molecule has 1 aliphatic rings. The summed E-state index contributed by atoms with van der Waals surface area (Å²) >= 11 is 0. The van der Waals surface area contributed by atoms with Gasteiger partial charge in [-0.1, -0.05) is 0 Å². The van der Waals surface area contributed by atoms with Crippen molar-refractivity contribution in [2.75, 3.05) is 32.4 Å². The maximum atomic E-state index is 13.2. The smallest absolute Gasteiger partial charge is 0.123 e. The van der Waals surface area contributed by atoms with Crippen LogP contribution < -0.4 is 5.73 Å². The molecule has 0 aliphatic carbocycles. The van der Waals surface area contributed by atoms with Crippen LogP contribution >= 0.6 is 0 Å². The Bertz CT molecular complexity index is 394. The highest BCUT2D eigenvalue weighted by Gasteiger charge is 2.21. The molecule has 1 fully saturated rings. The van der Waals surface area contributed by atoms with Crippen molar-refractivity contribution in [2.24, 2.45) is 0 Å². The molecule has 1 heterocycles. The lowest BCUT2D eigenvalue weighted by molar-refractivity contribution is 0.0939. The molecule has 0 radical (unpaired) electrons. The lowest BCUT2D eigenvalue weighted by atomic mass is 10.1. The number of hydrogen-bond acceptors (Lipinski definition) is 3. The number of likely N-dealkylation sites (N-methyl/N-ethyl adjacent to an activating group) is 1. The van der Waals surface area contributed by atoms with Crippen molar-refractivity contribution in [3.8, 4) is 0 Å². The van der Waals surface area contributed by atoms with Crippen LogP contribution in [0.3, 0.4) is 0 Å². The molecule has 0 saturated carbocycles. The third kappa shape index (κ3) is 2.96. The molecule has 0 spiro atoms. The molecular weight excluding hydrogens is 217 g/mol. The number of nitrogens with zero attached hydrogens (tertiary/aromatic N) is 2. The van der Waals surface area contributed by atoms with E-state index in [1.807, 2.05) is 0 Å². The number of piperazine rings is 1. The summed E-state index contributed by atoms with van der Waals surface area (Å²) in [6, 6.07) is 5.08. The van der Waals surface area contributed by atoms with Crippen molar-refractivity contribution in [3.63, 3.8) is 0 Å². The summed E-state index contributed by atoms with van der Waals surface area (Å²) in [6.45, 7) is 6.05. The largest absolute Gasteiger partial charge is 0.398 e. The molecule has 3 nitrogen and oxygen atoms in total. The maximum Gasteiger partial charge on any atom is 0.123 e. The van der Waals surface area contributed by atoms with Crippen molar-refractivity contribution < 1.29 is 4.39 Å². The first-order valence-corrected chi connectivity index (χ1v) is 6.03. The summed E-state index contributed by atoms with van der Waals surface area (Å²) in [5.41, 5.74) is 7.44. The topological polar surface area (TPSA) is 32.5 Å². The molecule has 2 rings (SSSR count). The van der Waals surface area contributed by atoms with Gasteiger partial charge >= 0.3 is 0 Å². The van der Waals surface area contributed by atoms with E-state index in [0.717, 1.165) is 31.7 Å². The van der Waals surface area contributed by atoms with Crippen LogP contribution in [0.4, 0.5) is 10.1 Å². The van der Waals surface area contributed by atoms with E-state index < -0.39 is 0 Å². The summed E-state index contributed by atoms with van der Waals surface area (Å²) in [6.07, 6.45) is 0. The molecule has 1 atom stereocenters. The van der Waals surface area contributed by atoms with Crippen LogP contribution in [-0.2, 0) is 6.54 Å². The molecule has 0 aromatic heterocycles. The van der Waals surface area contributed by atoms with Gasteiger partial charge in [-0.2, -0.15) is 0 Å². The first-order valence-electron chi connectivity index (χ1n) is 6.03. The van der Waals surface area contributed by atoms with Gasteiger partial charge in [0.05, 0.1) is 0 Å².